The van der Waals surface area contributed by atoms with Gasteiger partial charge in [-0.05, 0) is 56.3 Å². The Balaban J connectivity index is 0.000000640. The second-order valence-corrected chi connectivity index (χ2v) is 7.72. The van der Waals surface area contributed by atoms with Crippen LogP contribution in [0.15, 0.2) is 0 Å². The molecule has 0 aromatic rings. The van der Waals surface area contributed by atoms with Gasteiger partial charge < -0.3 is 9.79 Å². The van der Waals surface area contributed by atoms with Crippen molar-refractivity contribution in [2.75, 3.05) is 0 Å². The first-order valence-corrected chi connectivity index (χ1v) is 7.15. The SMILES string of the molecule is Cl.Cl.O=P(O)(O)C12CC3CC(CC(C3)C1)C2. The summed E-state index contributed by atoms with van der Waals surface area (Å²) in [7, 11) is -3.87. The van der Waals surface area contributed by atoms with Gasteiger partial charge in [0.1, 0.15) is 0 Å². The molecule has 4 rings (SSSR count). The molecule has 6 heteroatoms. The molecule has 4 aliphatic carbocycles. The molecule has 0 aromatic carbocycles. The van der Waals surface area contributed by atoms with Crippen molar-refractivity contribution in [2.24, 2.45) is 17.8 Å². The van der Waals surface area contributed by atoms with E-state index in [-0.39, 0.29) is 24.8 Å². The van der Waals surface area contributed by atoms with E-state index in [1.807, 2.05) is 0 Å². The highest BCUT2D eigenvalue weighted by Crippen LogP contribution is 2.69. The average Bonchev–Trinajstić information content (AvgIpc) is 1.98. The molecule has 4 fully saturated rings. The minimum absolute atomic E-state index is 0. The summed E-state index contributed by atoms with van der Waals surface area (Å²) in [5.74, 6) is 1.86. The second kappa shape index (κ2) is 4.44. The van der Waals surface area contributed by atoms with Gasteiger partial charge >= 0.3 is 7.60 Å². The molecule has 0 spiro atoms. The topological polar surface area (TPSA) is 57.5 Å². The monoisotopic (exact) mass is 288 g/mol. The summed E-state index contributed by atoms with van der Waals surface area (Å²) in [5.41, 5.74) is 0. The van der Waals surface area contributed by atoms with Gasteiger partial charge in [-0.1, -0.05) is 0 Å². The average molecular weight is 289 g/mol. The normalized spacial score (nSPS) is 44.8. The van der Waals surface area contributed by atoms with Crippen LogP contribution in [0.1, 0.15) is 38.5 Å². The van der Waals surface area contributed by atoms with Crippen molar-refractivity contribution < 1.29 is 14.4 Å². The minimum Gasteiger partial charge on any atom is -0.324 e. The quantitative estimate of drug-likeness (QED) is 0.730. The summed E-state index contributed by atoms with van der Waals surface area (Å²) in [6.45, 7) is 0. The van der Waals surface area contributed by atoms with Gasteiger partial charge in [0.15, 0.2) is 0 Å². The van der Waals surface area contributed by atoms with Gasteiger partial charge in [-0.2, -0.15) is 0 Å². The number of halogens is 2. The van der Waals surface area contributed by atoms with Crippen LogP contribution >= 0.6 is 32.4 Å². The molecule has 0 aromatic heterocycles. The highest BCUT2D eigenvalue weighted by atomic mass is 35.5. The zero-order chi connectivity index (χ0) is 9.97. The lowest BCUT2D eigenvalue weighted by Gasteiger charge is -2.56. The van der Waals surface area contributed by atoms with Gasteiger partial charge in [-0.15, -0.1) is 24.8 Å². The first kappa shape index (κ1) is 14.8. The summed E-state index contributed by atoms with van der Waals surface area (Å²) < 4.78 is 11.6. The van der Waals surface area contributed by atoms with Crippen LogP contribution in [0.5, 0.6) is 0 Å². The van der Waals surface area contributed by atoms with Crippen molar-refractivity contribution in [3.63, 3.8) is 0 Å². The molecular formula is C10H19Cl2O3P. The lowest BCUT2D eigenvalue weighted by Crippen LogP contribution is -2.50. The predicted octanol–water partition coefficient (Wildman–Crippen LogP) is 2.98. The van der Waals surface area contributed by atoms with Gasteiger partial charge in [0.25, 0.3) is 0 Å². The Morgan fingerprint density at radius 1 is 0.875 bits per heavy atom. The van der Waals surface area contributed by atoms with Gasteiger partial charge in [-0.3, -0.25) is 4.57 Å². The molecule has 4 saturated carbocycles. The van der Waals surface area contributed by atoms with Crippen molar-refractivity contribution in [2.45, 2.75) is 43.7 Å². The van der Waals surface area contributed by atoms with Crippen LogP contribution < -0.4 is 0 Å². The van der Waals surface area contributed by atoms with Crippen molar-refractivity contribution in [1.29, 1.82) is 0 Å². The fourth-order valence-electron chi connectivity index (χ4n) is 4.42. The maximum atomic E-state index is 11.6. The smallest absolute Gasteiger partial charge is 0.324 e. The van der Waals surface area contributed by atoms with Crippen LogP contribution in [-0.4, -0.2) is 14.9 Å². The molecule has 3 nitrogen and oxygen atoms in total. The molecule has 0 aliphatic heterocycles. The van der Waals surface area contributed by atoms with Crippen molar-refractivity contribution >= 4 is 32.4 Å². The summed E-state index contributed by atoms with van der Waals surface area (Å²) in [6, 6.07) is 0. The largest absolute Gasteiger partial charge is 0.331 e. The lowest BCUT2D eigenvalue weighted by atomic mass is 9.56. The number of rotatable bonds is 1. The number of hydrogen-bond acceptors (Lipinski definition) is 1. The van der Waals surface area contributed by atoms with Crippen molar-refractivity contribution in [3.8, 4) is 0 Å². The van der Waals surface area contributed by atoms with Crippen LogP contribution in [0.3, 0.4) is 0 Å². The predicted molar refractivity (Wildman–Crippen MR) is 67.4 cm³/mol. The van der Waals surface area contributed by atoms with E-state index in [0.717, 1.165) is 19.3 Å². The standard InChI is InChI=1S/C10H17O3P.2ClH/c11-14(12,13)10-4-7-1-8(5-10)3-9(2-7)6-10;;/h7-9H,1-6H2,(H2,11,12,13);2*1H. The van der Waals surface area contributed by atoms with E-state index >= 15 is 0 Å². The maximum absolute atomic E-state index is 11.6. The summed E-state index contributed by atoms with van der Waals surface area (Å²) >= 11 is 0. The fraction of sp³-hybridized carbons (Fsp3) is 1.00. The Labute approximate surface area is 108 Å². The Bertz CT molecular complexity index is 280. The van der Waals surface area contributed by atoms with E-state index in [9.17, 15) is 14.4 Å². The first-order chi connectivity index (χ1) is 6.48. The Morgan fingerprint density at radius 2 is 1.19 bits per heavy atom. The summed E-state index contributed by atoms with van der Waals surface area (Å²) in [6.07, 6.45) is 6.09. The minimum atomic E-state index is -3.87. The molecule has 0 amide bonds. The Hall–Kier alpha value is 0.730. The van der Waals surface area contributed by atoms with Gasteiger partial charge in [-0.25, -0.2) is 0 Å². The molecule has 0 heterocycles. The molecule has 0 saturated heterocycles. The zero-order valence-corrected chi connectivity index (χ0v) is 11.6. The van der Waals surface area contributed by atoms with E-state index in [1.54, 1.807) is 0 Å². The maximum Gasteiger partial charge on any atom is 0.331 e. The van der Waals surface area contributed by atoms with E-state index in [1.165, 1.54) is 19.3 Å². The van der Waals surface area contributed by atoms with Crippen molar-refractivity contribution in [1.82, 2.24) is 0 Å². The Morgan fingerprint density at radius 3 is 1.44 bits per heavy atom. The van der Waals surface area contributed by atoms with E-state index in [2.05, 4.69) is 0 Å². The van der Waals surface area contributed by atoms with Gasteiger partial charge in [0, 0.05) is 0 Å². The third-order valence-electron chi connectivity index (χ3n) is 4.62. The van der Waals surface area contributed by atoms with Gasteiger partial charge in [0.05, 0.1) is 5.16 Å². The molecule has 2 N–H and O–H groups in total. The van der Waals surface area contributed by atoms with E-state index in [0.29, 0.717) is 17.8 Å². The van der Waals surface area contributed by atoms with Crippen LogP contribution in [0.4, 0.5) is 0 Å². The van der Waals surface area contributed by atoms with Crippen LogP contribution in [0.2, 0.25) is 0 Å². The zero-order valence-electron chi connectivity index (χ0n) is 9.04. The van der Waals surface area contributed by atoms with Crippen LogP contribution in [0.25, 0.3) is 0 Å². The third kappa shape index (κ3) is 2.06. The first-order valence-electron chi connectivity index (χ1n) is 5.54. The molecule has 4 aliphatic rings. The van der Waals surface area contributed by atoms with Crippen LogP contribution in [0, 0.1) is 17.8 Å². The highest BCUT2D eigenvalue weighted by molar-refractivity contribution is 7.53. The third-order valence-corrected chi connectivity index (χ3v) is 6.41. The molecule has 0 radical (unpaired) electrons. The van der Waals surface area contributed by atoms with Crippen molar-refractivity contribution in [3.05, 3.63) is 0 Å². The molecule has 0 atom stereocenters. The molecule has 16 heavy (non-hydrogen) atoms. The molecular weight excluding hydrogens is 270 g/mol. The van der Waals surface area contributed by atoms with Gasteiger partial charge in [0.2, 0.25) is 0 Å². The number of hydrogen-bond donors (Lipinski definition) is 2. The summed E-state index contributed by atoms with van der Waals surface area (Å²) in [4.78, 5) is 19.0. The fourth-order valence-corrected chi connectivity index (χ4v) is 5.91. The molecule has 0 unspecified atom stereocenters. The van der Waals surface area contributed by atoms with E-state index < -0.39 is 12.8 Å². The molecule has 96 valence electrons. The lowest BCUT2D eigenvalue weighted by molar-refractivity contribution is 0.0228. The summed E-state index contributed by atoms with van der Waals surface area (Å²) in [5, 5.41) is -0.595. The Kier molecular flexibility index (Phi) is 4.10. The second-order valence-electron chi connectivity index (χ2n) is 5.69. The molecule has 4 bridgehead atoms. The van der Waals surface area contributed by atoms with Crippen LogP contribution in [-0.2, 0) is 4.57 Å². The van der Waals surface area contributed by atoms with E-state index in [4.69, 9.17) is 0 Å². The highest BCUT2D eigenvalue weighted by Gasteiger charge is 2.58.